The molecule has 2 atom stereocenters. The largest absolute Gasteiger partial charge is 0.177 e. The Bertz CT molecular complexity index is 424. The average Bonchev–Trinajstić information content (AvgIpc) is 2.90. The predicted octanol–water partition coefficient (Wildman–Crippen LogP) is 2.89. The van der Waals surface area contributed by atoms with Crippen LogP contribution in [0, 0.1) is 0 Å². The molecule has 1 N–H and O–H groups in total. The Hall–Kier alpha value is -1.71. The van der Waals surface area contributed by atoms with Crippen LogP contribution in [0.15, 0.2) is 30.3 Å². The van der Waals surface area contributed by atoms with E-state index in [1.807, 2.05) is 6.07 Å². The van der Waals surface area contributed by atoms with Crippen LogP contribution in [0.2, 0.25) is 0 Å². The lowest BCUT2D eigenvalue weighted by Crippen LogP contribution is -2.05. The second kappa shape index (κ2) is 5.57. The molecule has 2 rings (SSSR count). The van der Waals surface area contributed by atoms with Gasteiger partial charge in [0.2, 0.25) is 0 Å². The molecule has 0 amide bonds. The van der Waals surface area contributed by atoms with Gasteiger partial charge in [0.05, 0.1) is 0 Å². The molecule has 0 saturated heterocycles. The van der Waals surface area contributed by atoms with Gasteiger partial charge in [0.1, 0.15) is 0 Å². The summed E-state index contributed by atoms with van der Waals surface area (Å²) >= 11 is 0. The number of aromatic amines is 1. The first-order chi connectivity index (χ1) is 8.31. The topological polar surface area (TPSA) is 54.5 Å². The van der Waals surface area contributed by atoms with Crippen molar-refractivity contribution in [2.75, 3.05) is 0 Å². The van der Waals surface area contributed by atoms with Gasteiger partial charge in [0.25, 0.3) is 0 Å². The summed E-state index contributed by atoms with van der Waals surface area (Å²) in [6.45, 7) is 4.41. The zero-order valence-corrected chi connectivity index (χ0v) is 10.3. The lowest BCUT2D eigenvalue weighted by atomic mass is 9.88. The number of hydrogen-bond donors (Lipinski definition) is 1. The normalized spacial score (nSPS) is 14.5. The number of nitrogens with zero attached hydrogens (tertiary/aromatic N) is 3. The van der Waals surface area contributed by atoms with E-state index < -0.39 is 0 Å². The average molecular weight is 230 g/mol. The summed E-state index contributed by atoms with van der Waals surface area (Å²) in [5, 5.41) is 14.3. The van der Waals surface area contributed by atoms with E-state index in [1.54, 1.807) is 0 Å². The number of H-pyrrole nitrogens is 1. The monoisotopic (exact) mass is 230 g/mol. The van der Waals surface area contributed by atoms with Crippen molar-refractivity contribution in [1.82, 2.24) is 20.6 Å². The third-order valence-corrected chi connectivity index (χ3v) is 3.23. The molecule has 0 fully saturated rings. The first-order valence-electron chi connectivity index (χ1n) is 6.09. The fourth-order valence-electron chi connectivity index (χ4n) is 2.14. The third-order valence-electron chi connectivity index (χ3n) is 3.23. The van der Waals surface area contributed by atoms with Crippen LogP contribution in [0.1, 0.15) is 49.9 Å². The van der Waals surface area contributed by atoms with Crippen LogP contribution < -0.4 is 0 Å². The summed E-state index contributed by atoms with van der Waals surface area (Å²) in [6, 6.07) is 10.6. The highest BCUT2D eigenvalue weighted by Crippen LogP contribution is 2.29. The van der Waals surface area contributed by atoms with Crippen LogP contribution in [0.5, 0.6) is 0 Å². The molecule has 4 heteroatoms. The van der Waals surface area contributed by atoms with Crippen molar-refractivity contribution >= 4 is 0 Å². The van der Waals surface area contributed by atoms with E-state index in [2.05, 4.69) is 58.7 Å². The molecule has 1 aromatic heterocycles. The van der Waals surface area contributed by atoms with Crippen LogP contribution in [0.3, 0.4) is 0 Å². The molecule has 17 heavy (non-hydrogen) atoms. The summed E-state index contributed by atoms with van der Waals surface area (Å²) in [7, 11) is 0. The maximum absolute atomic E-state index is 4.09. The van der Waals surface area contributed by atoms with E-state index >= 15 is 0 Å². The Morgan fingerprint density at radius 1 is 1.24 bits per heavy atom. The van der Waals surface area contributed by atoms with E-state index in [4.69, 9.17) is 0 Å². The Morgan fingerprint density at radius 2 is 2.00 bits per heavy atom. The molecule has 0 aliphatic carbocycles. The molecule has 90 valence electrons. The first kappa shape index (κ1) is 11.8. The smallest absolute Gasteiger partial charge is 0.177 e. The Balaban J connectivity index is 2.05. The Morgan fingerprint density at radius 3 is 2.59 bits per heavy atom. The van der Waals surface area contributed by atoms with E-state index in [9.17, 15) is 0 Å². The van der Waals surface area contributed by atoms with E-state index in [0.29, 0.717) is 11.8 Å². The van der Waals surface area contributed by atoms with Gasteiger partial charge >= 0.3 is 0 Å². The van der Waals surface area contributed by atoms with Crippen LogP contribution in [-0.4, -0.2) is 20.6 Å². The van der Waals surface area contributed by atoms with Gasteiger partial charge in [-0.25, -0.2) is 0 Å². The molecule has 1 heterocycles. The minimum absolute atomic E-state index is 0.379. The first-order valence-corrected chi connectivity index (χ1v) is 6.09. The van der Waals surface area contributed by atoms with Gasteiger partial charge in [0, 0.05) is 5.92 Å². The van der Waals surface area contributed by atoms with Gasteiger partial charge in [-0.2, -0.15) is 5.21 Å². The van der Waals surface area contributed by atoms with Crippen molar-refractivity contribution in [1.29, 1.82) is 0 Å². The summed E-state index contributed by atoms with van der Waals surface area (Å²) < 4.78 is 0. The number of tetrazole rings is 1. The minimum atomic E-state index is 0.379. The van der Waals surface area contributed by atoms with Gasteiger partial charge in [-0.3, -0.25) is 0 Å². The quantitative estimate of drug-likeness (QED) is 0.859. The van der Waals surface area contributed by atoms with Crippen LogP contribution in [-0.2, 0) is 0 Å². The van der Waals surface area contributed by atoms with E-state index in [-0.39, 0.29) is 0 Å². The van der Waals surface area contributed by atoms with Crippen molar-refractivity contribution in [2.45, 2.75) is 38.5 Å². The number of aromatic nitrogens is 4. The summed E-state index contributed by atoms with van der Waals surface area (Å²) in [5.74, 6) is 1.72. The molecule has 0 bridgehead atoms. The summed E-state index contributed by atoms with van der Waals surface area (Å²) in [4.78, 5) is 0. The molecule has 0 aliphatic rings. The maximum atomic E-state index is 4.09. The molecule has 4 nitrogen and oxygen atoms in total. The second-order valence-corrected chi connectivity index (χ2v) is 4.42. The van der Waals surface area contributed by atoms with Gasteiger partial charge in [0.15, 0.2) is 5.82 Å². The molecule has 0 aliphatic heterocycles. The molecule has 0 spiro atoms. The molecule has 0 radical (unpaired) electrons. The highest BCUT2D eigenvalue weighted by atomic mass is 15.5. The highest BCUT2D eigenvalue weighted by Gasteiger charge is 2.18. The molecule has 0 saturated carbocycles. The lowest BCUT2D eigenvalue weighted by molar-refractivity contribution is 0.521. The number of hydrogen-bond acceptors (Lipinski definition) is 3. The zero-order chi connectivity index (χ0) is 12.1. The number of benzene rings is 1. The van der Waals surface area contributed by atoms with Crippen LogP contribution in [0.4, 0.5) is 0 Å². The molecule has 2 unspecified atom stereocenters. The van der Waals surface area contributed by atoms with Crippen LogP contribution >= 0.6 is 0 Å². The number of rotatable bonds is 5. The SMILES string of the molecule is CCC(CC(C)c1ccccc1)c1nn[nH]n1. The molecule has 2 aromatic rings. The predicted molar refractivity (Wildman–Crippen MR) is 66.7 cm³/mol. The van der Waals surface area contributed by atoms with Gasteiger partial charge in [-0.15, -0.1) is 10.2 Å². The molecule has 1 aromatic carbocycles. The highest BCUT2D eigenvalue weighted by molar-refractivity contribution is 5.19. The van der Waals surface area contributed by atoms with Crippen molar-refractivity contribution in [2.24, 2.45) is 0 Å². The summed E-state index contributed by atoms with van der Waals surface area (Å²) in [5.41, 5.74) is 1.37. The second-order valence-electron chi connectivity index (χ2n) is 4.42. The third kappa shape index (κ3) is 2.90. The van der Waals surface area contributed by atoms with Crippen molar-refractivity contribution in [3.05, 3.63) is 41.7 Å². The fraction of sp³-hybridized carbons (Fsp3) is 0.462. The van der Waals surface area contributed by atoms with E-state index in [1.165, 1.54) is 5.56 Å². The van der Waals surface area contributed by atoms with E-state index in [0.717, 1.165) is 18.7 Å². The van der Waals surface area contributed by atoms with Crippen molar-refractivity contribution in [3.8, 4) is 0 Å². The Labute approximate surface area is 101 Å². The molecular formula is C13H18N4. The molecular weight excluding hydrogens is 212 g/mol. The van der Waals surface area contributed by atoms with Crippen molar-refractivity contribution < 1.29 is 0 Å². The van der Waals surface area contributed by atoms with Crippen LogP contribution in [0.25, 0.3) is 0 Å². The minimum Gasteiger partial charge on any atom is -0.177 e. The fourth-order valence-corrected chi connectivity index (χ4v) is 2.14. The van der Waals surface area contributed by atoms with Gasteiger partial charge in [-0.1, -0.05) is 49.4 Å². The zero-order valence-electron chi connectivity index (χ0n) is 10.3. The lowest BCUT2D eigenvalue weighted by Gasteiger charge is -2.17. The standard InChI is InChI=1S/C13H18N4/c1-3-11(13-14-16-17-15-13)9-10(2)12-7-5-4-6-8-12/h4-8,10-11H,3,9H2,1-2H3,(H,14,15,16,17). The van der Waals surface area contributed by atoms with Gasteiger partial charge in [-0.05, 0) is 24.3 Å². The Kier molecular flexibility index (Phi) is 3.85. The summed E-state index contributed by atoms with van der Waals surface area (Å²) in [6.07, 6.45) is 2.09. The van der Waals surface area contributed by atoms with Crippen molar-refractivity contribution in [3.63, 3.8) is 0 Å². The number of nitrogens with one attached hydrogen (secondary N) is 1. The maximum Gasteiger partial charge on any atom is 0.177 e. The van der Waals surface area contributed by atoms with Gasteiger partial charge < -0.3 is 0 Å².